The van der Waals surface area contributed by atoms with E-state index >= 15 is 0 Å². The Morgan fingerprint density at radius 1 is 1.41 bits per heavy atom. The van der Waals surface area contributed by atoms with E-state index in [0.717, 1.165) is 19.3 Å². The molecule has 3 atom stereocenters. The highest BCUT2D eigenvalue weighted by molar-refractivity contribution is 5.81. The highest BCUT2D eigenvalue weighted by atomic mass is 16.5. The van der Waals surface area contributed by atoms with Crippen LogP contribution in [0.25, 0.3) is 0 Å². The molecule has 1 rings (SSSR count). The van der Waals surface area contributed by atoms with E-state index in [4.69, 9.17) is 4.74 Å². The van der Waals surface area contributed by atoms with Gasteiger partial charge in [-0.25, -0.2) is 9.59 Å². The maximum Gasteiger partial charge on any atom is 0.407 e. The standard InChI is InChI=1S/C12H21NO4/c1-4-17-11(14)10(13-12(15)16-3)9-6-5-8(2)7-9/h8-10H,4-7H2,1-3H3,(H,13,15). The van der Waals surface area contributed by atoms with Gasteiger partial charge in [0.25, 0.3) is 0 Å². The molecule has 0 saturated heterocycles. The van der Waals surface area contributed by atoms with Gasteiger partial charge in [0.05, 0.1) is 13.7 Å². The van der Waals surface area contributed by atoms with E-state index in [0.29, 0.717) is 12.5 Å². The highest BCUT2D eigenvalue weighted by Gasteiger charge is 2.35. The molecule has 17 heavy (non-hydrogen) atoms. The van der Waals surface area contributed by atoms with Crippen LogP contribution in [0.2, 0.25) is 0 Å². The molecule has 1 amide bonds. The minimum Gasteiger partial charge on any atom is -0.464 e. The van der Waals surface area contributed by atoms with Gasteiger partial charge in [-0.2, -0.15) is 0 Å². The summed E-state index contributed by atoms with van der Waals surface area (Å²) < 4.78 is 9.53. The monoisotopic (exact) mass is 243 g/mol. The van der Waals surface area contributed by atoms with Crippen LogP contribution in [0.1, 0.15) is 33.1 Å². The highest BCUT2D eigenvalue weighted by Crippen LogP contribution is 2.33. The third-order valence-electron chi connectivity index (χ3n) is 3.21. The van der Waals surface area contributed by atoms with Gasteiger partial charge in [-0.1, -0.05) is 13.3 Å². The zero-order valence-corrected chi connectivity index (χ0v) is 10.7. The first kappa shape index (κ1) is 13.8. The van der Waals surface area contributed by atoms with E-state index in [9.17, 15) is 9.59 Å². The topological polar surface area (TPSA) is 64.6 Å². The van der Waals surface area contributed by atoms with Gasteiger partial charge >= 0.3 is 12.1 Å². The average molecular weight is 243 g/mol. The van der Waals surface area contributed by atoms with Crippen molar-refractivity contribution in [2.24, 2.45) is 11.8 Å². The van der Waals surface area contributed by atoms with E-state index in [-0.39, 0.29) is 11.9 Å². The number of nitrogens with one attached hydrogen (secondary N) is 1. The summed E-state index contributed by atoms with van der Waals surface area (Å²) in [6, 6.07) is -0.577. The van der Waals surface area contributed by atoms with Gasteiger partial charge in [0.2, 0.25) is 0 Å². The summed E-state index contributed by atoms with van der Waals surface area (Å²) in [5.41, 5.74) is 0. The van der Waals surface area contributed by atoms with Crippen LogP contribution in [0.15, 0.2) is 0 Å². The van der Waals surface area contributed by atoms with Crippen LogP contribution >= 0.6 is 0 Å². The van der Waals surface area contributed by atoms with Crippen molar-refractivity contribution in [1.82, 2.24) is 5.32 Å². The first-order chi connectivity index (χ1) is 8.08. The molecule has 0 heterocycles. The van der Waals surface area contributed by atoms with Crippen molar-refractivity contribution in [3.05, 3.63) is 0 Å². The summed E-state index contributed by atoms with van der Waals surface area (Å²) in [5.74, 6) is 0.386. The Labute approximate surface area is 102 Å². The van der Waals surface area contributed by atoms with Crippen LogP contribution in [0, 0.1) is 11.8 Å². The third kappa shape index (κ3) is 3.91. The fraction of sp³-hybridized carbons (Fsp3) is 0.833. The van der Waals surface area contributed by atoms with Crippen LogP contribution in [0.4, 0.5) is 4.79 Å². The Hall–Kier alpha value is -1.26. The molecule has 98 valence electrons. The second kappa shape index (κ2) is 6.47. The summed E-state index contributed by atoms with van der Waals surface area (Å²) >= 11 is 0. The predicted molar refractivity (Wildman–Crippen MR) is 62.5 cm³/mol. The first-order valence-corrected chi connectivity index (χ1v) is 6.09. The molecule has 1 aliphatic carbocycles. The van der Waals surface area contributed by atoms with Crippen molar-refractivity contribution in [1.29, 1.82) is 0 Å². The van der Waals surface area contributed by atoms with E-state index in [1.165, 1.54) is 7.11 Å². The maximum absolute atomic E-state index is 11.8. The summed E-state index contributed by atoms with van der Waals surface area (Å²) in [5, 5.41) is 2.58. The number of hydrogen-bond acceptors (Lipinski definition) is 4. The fourth-order valence-corrected chi connectivity index (χ4v) is 2.34. The summed E-state index contributed by atoms with van der Waals surface area (Å²) in [6.45, 7) is 4.23. The molecular weight excluding hydrogens is 222 g/mol. The molecule has 0 aromatic carbocycles. The number of alkyl carbamates (subject to hydrolysis) is 1. The summed E-state index contributed by atoms with van der Waals surface area (Å²) in [4.78, 5) is 23.0. The van der Waals surface area contributed by atoms with Crippen molar-refractivity contribution >= 4 is 12.1 Å². The van der Waals surface area contributed by atoms with Crippen LogP contribution in [-0.4, -0.2) is 31.8 Å². The van der Waals surface area contributed by atoms with Crippen molar-refractivity contribution < 1.29 is 19.1 Å². The minimum absolute atomic E-state index is 0.156. The predicted octanol–water partition coefficient (Wildman–Crippen LogP) is 1.71. The lowest BCUT2D eigenvalue weighted by Gasteiger charge is -2.22. The number of carbonyl (C=O) groups excluding carboxylic acids is 2. The number of ether oxygens (including phenoxy) is 2. The van der Waals surface area contributed by atoms with Gasteiger partial charge in [-0.05, 0) is 31.6 Å². The van der Waals surface area contributed by atoms with E-state index in [2.05, 4.69) is 17.0 Å². The van der Waals surface area contributed by atoms with E-state index in [1.54, 1.807) is 6.92 Å². The van der Waals surface area contributed by atoms with E-state index < -0.39 is 12.1 Å². The Bertz CT molecular complexity index is 280. The van der Waals surface area contributed by atoms with Crippen LogP contribution in [-0.2, 0) is 14.3 Å². The largest absolute Gasteiger partial charge is 0.464 e. The number of carbonyl (C=O) groups is 2. The van der Waals surface area contributed by atoms with Crippen LogP contribution in [0.5, 0.6) is 0 Å². The van der Waals surface area contributed by atoms with Crippen molar-refractivity contribution in [2.45, 2.75) is 39.2 Å². The molecule has 1 aliphatic rings. The number of amides is 1. The molecule has 5 nitrogen and oxygen atoms in total. The SMILES string of the molecule is CCOC(=O)C(NC(=O)OC)C1CCC(C)C1. The molecule has 1 saturated carbocycles. The van der Waals surface area contributed by atoms with Crippen LogP contribution < -0.4 is 5.32 Å². The minimum atomic E-state index is -0.581. The van der Waals surface area contributed by atoms with Gasteiger partial charge in [0.1, 0.15) is 6.04 Å². The summed E-state index contributed by atoms with van der Waals surface area (Å²) in [6.07, 6.45) is 2.38. The fourth-order valence-electron chi connectivity index (χ4n) is 2.34. The molecule has 0 radical (unpaired) electrons. The smallest absolute Gasteiger partial charge is 0.407 e. The number of rotatable bonds is 4. The zero-order valence-electron chi connectivity index (χ0n) is 10.7. The number of esters is 1. The molecule has 0 aliphatic heterocycles. The maximum atomic E-state index is 11.8. The van der Waals surface area contributed by atoms with E-state index in [1.807, 2.05) is 0 Å². The lowest BCUT2D eigenvalue weighted by Crippen LogP contribution is -2.46. The quantitative estimate of drug-likeness (QED) is 0.763. The molecule has 0 spiro atoms. The lowest BCUT2D eigenvalue weighted by atomic mass is 9.97. The summed E-state index contributed by atoms with van der Waals surface area (Å²) in [7, 11) is 1.29. The molecule has 5 heteroatoms. The second-order valence-electron chi connectivity index (χ2n) is 4.54. The van der Waals surface area contributed by atoms with Crippen molar-refractivity contribution in [3.63, 3.8) is 0 Å². The number of hydrogen-bond donors (Lipinski definition) is 1. The Morgan fingerprint density at radius 3 is 2.59 bits per heavy atom. The second-order valence-corrected chi connectivity index (χ2v) is 4.54. The number of methoxy groups -OCH3 is 1. The van der Waals surface area contributed by atoms with Crippen LogP contribution in [0.3, 0.4) is 0 Å². The van der Waals surface area contributed by atoms with Gasteiger partial charge < -0.3 is 14.8 Å². The van der Waals surface area contributed by atoms with Gasteiger partial charge in [0.15, 0.2) is 0 Å². The molecule has 1 fully saturated rings. The molecule has 0 aromatic rings. The Balaban J connectivity index is 2.64. The zero-order chi connectivity index (χ0) is 12.8. The molecule has 0 bridgehead atoms. The van der Waals surface area contributed by atoms with Gasteiger partial charge in [0, 0.05) is 0 Å². The Kier molecular flexibility index (Phi) is 5.25. The average Bonchev–Trinajstić information content (AvgIpc) is 2.72. The van der Waals surface area contributed by atoms with Gasteiger partial charge in [-0.15, -0.1) is 0 Å². The van der Waals surface area contributed by atoms with Crippen molar-refractivity contribution in [3.8, 4) is 0 Å². The molecule has 3 unspecified atom stereocenters. The Morgan fingerprint density at radius 2 is 2.12 bits per heavy atom. The van der Waals surface area contributed by atoms with Gasteiger partial charge in [-0.3, -0.25) is 0 Å². The van der Waals surface area contributed by atoms with Crippen molar-refractivity contribution in [2.75, 3.05) is 13.7 Å². The lowest BCUT2D eigenvalue weighted by molar-refractivity contribution is -0.147. The third-order valence-corrected chi connectivity index (χ3v) is 3.21. The molecule has 1 N–H and O–H groups in total. The normalized spacial score (nSPS) is 25.1. The molecular formula is C12H21NO4. The molecule has 0 aromatic heterocycles. The first-order valence-electron chi connectivity index (χ1n) is 6.09.